The standard InChI is InChI=1S/C16H26N2O4/c1-3-4-5-9-18(16(20)14-7-11-22-13-14)10-6-15(19)17-8-12-21-2/h7,11,13H,3-6,8-10,12H2,1-2H3,(H,17,19). The molecule has 0 radical (unpaired) electrons. The van der Waals surface area contributed by atoms with Crippen molar-refractivity contribution in [1.82, 2.24) is 10.2 Å². The second-order valence-electron chi connectivity index (χ2n) is 5.10. The lowest BCUT2D eigenvalue weighted by molar-refractivity contribution is -0.121. The average molecular weight is 310 g/mol. The van der Waals surface area contributed by atoms with Crippen LogP contribution < -0.4 is 5.32 Å². The molecule has 0 aliphatic heterocycles. The van der Waals surface area contributed by atoms with Gasteiger partial charge in [0.25, 0.3) is 5.91 Å². The summed E-state index contributed by atoms with van der Waals surface area (Å²) in [6.45, 7) is 4.15. The van der Waals surface area contributed by atoms with Gasteiger partial charge in [-0.2, -0.15) is 0 Å². The Morgan fingerprint density at radius 2 is 2.14 bits per heavy atom. The SMILES string of the molecule is CCCCCN(CCC(=O)NCCOC)C(=O)c1ccoc1. The average Bonchev–Trinajstić information content (AvgIpc) is 3.04. The summed E-state index contributed by atoms with van der Waals surface area (Å²) in [5.41, 5.74) is 0.524. The van der Waals surface area contributed by atoms with Gasteiger partial charge in [-0.3, -0.25) is 9.59 Å². The lowest BCUT2D eigenvalue weighted by Crippen LogP contribution is -2.36. The van der Waals surface area contributed by atoms with Crippen LogP contribution in [0, 0.1) is 0 Å². The minimum atomic E-state index is -0.0884. The molecule has 1 aromatic heterocycles. The number of rotatable bonds is 11. The first-order chi connectivity index (χ1) is 10.7. The van der Waals surface area contributed by atoms with E-state index in [9.17, 15) is 9.59 Å². The van der Waals surface area contributed by atoms with Gasteiger partial charge in [-0.1, -0.05) is 19.8 Å². The first-order valence-corrected chi connectivity index (χ1v) is 7.76. The number of carbonyl (C=O) groups excluding carboxylic acids is 2. The Balaban J connectivity index is 2.47. The van der Waals surface area contributed by atoms with Gasteiger partial charge in [-0.25, -0.2) is 0 Å². The van der Waals surface area contributed by atoms with Gasteiger partial charge in [-0.05, 0) is 12.5 Å². The summed E-state index contributed by atoms with van der Waals surface area (Å²) in [4.78, 5) is 25.8. The lowest BCUT2D eigenvalue weighted by Gasteiger charge is -2.22. The van der Waals surface area contributed by atoms with Crippen molar-refractivity contribution in [3.8, 4) is 0 Å². The Bertz CT molecular complexity index is 431. The molecule has 1 aromatic rings. The second-order valence-corrected chi connectivity index (χ2v) is 5.10. The van der Waals surface area contributed by atoms with E-state index in [1.807, 2.05) is 0 Å². The van der Waals surface area contributed by atoms with E-state index in [1.165, 1.54) is 12.5 Å². The highest BCUT2D eigenvalue weighted by Crippen LogP contribution is 2.08. The van der Waals surface area contributed by atoms with E-state index in [-0.39, 0.29) is 11.8 Å². The van der Waals surface area contributed by atoms with Crippen LogP contribution in [0.1, 0.15) is 43.0 Å². The zero-order valence-corrected chi connectivity index (χ0v) is 13.5. The van der Waals surface area contributed by atoms with E-state index >= 15 is 0 Å². The zero-order chi connectivity index (χ0) is 16.2. The van der Waals surface area contributed by atoms with Gasteiger partial charge in [0.05, 0.1) is 18.4 Å². The topological polar surface area (TPSA) is 71.8 Å². The van der Waals surface area contributed by atoms with E-state index in [4.69, 9.17) is 9.15 Å². The molecule has 0 spiro atoms. The molecule has 0 unspecified atom stereocenters. The van der Waals surface area contributed by atoms with Crippen LogP contribution in [-0.4, -0.2) is 50.1 Å². The second kappa shape index (κ2) is 10.8. The van der Waals surface area contributed by atoms with Crippen LogP contribution in [-0.2, 0) is 9.53 Å². The Kier molecular flexibility index (Phi) is 8.98. The van der Waals surface area contributed by atoms with E-state index in [0.717, 1.165) is 19.3 Å². The van der Waals surface area contributed by atoms with E-state index in [1.54, 1.807) is 18.1 Å². The van der Waals surface area contributed by atoms with Gasteiger partial charge in [-0.15, -0.1) is 0 Å². The summed E-state index contributed by atoms with van der Waals surface area (Å²) in [6, 6.07) is 1.65. The summed E-state index contributed by atoms with van der Waals surface area (Å²) >= 11 is 0. The van der Waals surface area contributed by atoms with Crippen molar-refractivity contribution in [2.24, 2.45) is 0 Å². The lowest BCUT2D eigenvalue weighted by atomic mass is 10.2. The third-order valence-electron chi connectivity index (χ3n) is 3.32. The van der Waals surface area contributed by atoms with Crippen molar-refractivity contribution in [1.29, 1.82) is 0 Å². The minimum absolute atomic E-state index is 0.0717. The number of nitrogens with zero attached hydrogens (tertiary/aromatic N) is 1. The minimum Gasteiger partial charge on any atom is -0.472 e. The summed E-state index contributed by atoms with van der Waals surface area (Å²) in [7, 11) is 1.59. The predicted octanol–water partition coefficient (Wildman–Crippen LogP) is 2.06. The van der Waals surface area contributed by atoms with Crippen LogP contribution in [0.25, 0.3) is 0 Å². The first-order valence-electron chi connectivity index (χ1n) is 7.76. The number of hydrogen-bond donors (Lipinski definition) is 1. The largest absolute Gasteiger partial charge is 0.472 e. The number of ether oxygens (including phenoxy) is 1. The van der Waals surface area contributed by atoms with Gasteiger partial charge < -0.3 is 19.4 Å². The Morgan fingerprint density at radius 1 is 1.32 bits per heavy atom. The zero-order valence-electron chi connectivity index (χ0n) is 13.5. The molecule has 0 aromatic carbocycles. The normalized spacial score (nSPS) is 10.5. The molecule has 0 bridgehead atoms. The maximum Gasteiger partial charge on any atom is 0.257 e. The van der Waals surface area contributed by atoms with Gasteiger partial charge in [0, 0.05) is 33.2 Å². The van der Waals surface area contributed by atoms with Crippen molar-refractivity contribution in [2.75, 3.05) is 33.4 Å². The molecular weight excluding hydrogens is 284 g/mol. The third-order valence-corrected chi connectivity index (χ3v) is 3.32. The summed E-state index contributed by atoms with van der Waals surface area (Å²) < 4.78 is 9.84. The van der Waals surface area contributed by atoms with Gasteiger partial charge in [0.15, 0.2) is 0 Å². The molecule has 0 fully saturated rings. The van der Waals surface area contributed by atoms with Crippen LogP contribution in [0.15, 0.2) is 23.0 Å². The molecule has 0 saturated carbocycles. The Labute approximate surface area is 131 Å². The monoisotopic (exact) mass is 310 g/mol. The van der Waals surface area contributed by atoms with Crippen LogP contribution in [0.5, 0.6) is 0 Å². The number of carbonyl (C=O) groups is 2. The molecule has 22 heavy (non-hydrogen) atoms. The Morgan fingerprint density at radius 3 is 2.77 bits per heavy atom. The van der Waals surface area contributed by atoms with Crippen LogP contribution in [0.3, 0.4) is 0 Å². The molecule has 6 heteroatoms. The number of hydrogen-bond acceptors (Lipinski definition) is 4. The van der Waals surface area contributed by atoms with Crippen LogP contribution in [0.2, 0.25) is 0 Å². The molecule has 1 N–H and O–H groups in total. The highest BCUT2D eigenvalue weighted by Gasteiger charge is 2.17. The molecule has 6 nitrogen and oxygen atoms in total. The summed E-state index contributed by atoms with van der Waals surface area (Å²) in [5.74, 6) is -0.160. The molecule has 1 rings (SSSR count). The van der Waals surface area contributed by atoms with Crippen molar-refractivity contribution in [2.45, 2.75) is 32.6 Å². The van der Waals surface area contributed by atoms with E-state index in [2.05, 4.69) is 12.2 Å². The highest BCUT2D eigenvalue weighted by atomic mass is 16.5. The highest BCUT2D eigenvalue weighted by molar-refractivity contribution is 5.94. The van der Waals surface area contributed by atoms with Gasteiger partial charge in [0.2, 0.25) is 5.91 Å². The van der Waals surface area contributed by atoms with E-state index < -0.39 is 0 Å². The molecule has 0 aliphatic rings. The molecule has 124 valence electrons. The molecule has 0 saturated heterocycles. The predicted molar refractivity (Wildman–Crippen MR) is 83.6 cm³/mol. The van der Waals surface area contributed by atoms with Crippen LogP contribution >= 0.6 is 0 Å². The van der Waals surface area contributed by atoms with Crippen molar-refractivity contribution in [3.05, 3.63) is 24.2 Å². The number of unbranched alkanes of at least 4 members (excludes halogenated alkanes) is 2. The number of nitrogens with one attached hydrogen (secondary N) is 1. The van der Waals surface area contributed by atoms with E-state index in [0.29, 0.717) is 38.2 Å². The fraction of sp³-hybridized carbons (Fsp3) is 0.625. The summed E-state index contributed by atoms with van der Waals surface area (Å²) in [6.07, 6.45) is 6.30. The summed E-state index contributed by atoms with van der Waals surface area (Å²) in [5, 5.41) is 2.76. The Hall–Kier alpha value is -1.82. The first kappa shape index (κ1) is 18.2. The molecule has 0 aliphatic carbocycles. The quantitative estimate of drug-likeness (QED) is 0.635. The number of amides is 2. The molecule has 2 amide bonds. The smallest absolute Gasteiger partial charge is 0.257 e. The van der Waals surface area contributed by atoms with Crippen LogP contribution in [0.4, 0.5) is 0 Å². The number of methoxy groups -OCH3 is 1. The van der Waals surface area contributed by atoms with Crippen molar-refractivity contribution < 1.29 is 18.7 Å². The third kappa shape index (κ3) is 6.76. The fourth-order valence-electron chi connectivity index (χ4n) is 2.05. The fourth-order valence-corrected chi connectivity index (χ4v) is 2.05. The maximum absolute atomic E-state index is 12.4. The van der Waals surface area contributed by atoms with Gasteiger partial charge >= 0.3 is 0 Å². The molecular formula is C16H26N2O4. The molecule has 0 atom stereocenters. The number of furan rings is 1. The van der Waals surface area contributed by atoms with Gasteiger partial charge in [0.1, 0.15) is 6.26 Å². The molecule has 1 heterocycles. The van der Waals surface area contributed by atoms with Crippen molar-refractivity contribution in [3.63, 3.8) is 0 Å². The maximum atomic E-state index is 12.4. The van der Waals surface area contributed by atoms with Crippen molar-refractivity contribution >= 4 is 11.8 Å².